The maximum Gasteiger partial charge on any atom is 0.311 e. The number of nitrogens with one attached hydrogen (secondary N) is 2. The molecule has 3 rings (SSSR count). The Hall–Kier alpha value is -3.26. The Balaban J connectivity index is 1.80. The molecule has 8 heteroatoms. The summed E-state index contributed by atoms with van der Waals surface area (Å²) in [5.41, 5.74) is 2.89. The van der Waals surface area contributed by atoms with E-state index in [1.54, 1.807) is 37.5 Å². The van der Waals surface area contributed by atoms with Crippen molar-refractivity contribution >= 4 is 45.7 Å². The van der Waals surface area contributed by atoms with Gasteiger partial charge in [-0.05, 0) is 48.9 Å². The zero-order valence-electron chi connectivity index (χ0n) is 17.7. The van der Waals surface area contributed by atoms with Gasteiger partial charge >= 0.3 is 5.97 Å². The lowest BCUT2D eigenvalue weighted by molar-refractivity contribution is -0.139. The molecule has 1 atom stereocenters. The molecule has 0 fully saturated rings. The lowest BCUT2D eigenvalue weighted by Crippen LogP contribution is -2.25. The highest BCUT2D eigenvalue weighted by Crippen LogP contribution is 2.32. The third kappa shape index (κ3) is 6.11. The van der Waals surface area contributed by atoms with Crippen molar-refractivity contribution in [3.8, 4) is 5.75 Å². The van der Waals surface area contributed by atoms with Crippen LogP contribution in [0, 0.1) is 0 Å². The number of methoxy groups -OCH3 is 2. The Morgan fingerprint density at radius 2 is 1.87 bits per heavy atom. The van der Waals surface area contributed by atoms with E-state index in [4.69, 9.17) is 14.5 Å². The monoisotopic (exact) mass is 439 g/mol. The number of carbonyl (C=O) groups is 2. The number of hydrogen-bond acceptors (Lipinski definition) is 7. The van der Waals surface area contributed by atoms with Crippen LogP contribution in [0.3, 0.4) is 0 Å². The Morgan fingerprint density at radius 3 is 2.55 bits per heavy atom. The second kappa shape index (κ2) is 10.7. The summed E-state index contributed by atoms with van der Waals surface area (Å²) in [5, 5.41) is 6.47. The molecule has 2 aromatic rings. The Morgan fingerprint density at radius 1 is 1.13 bits per heavy atom. The van der Waals surface area contributed by atoms with Crippen molar-refractivity contribution < 1.29 is 19.1 Å². The number of nitrogens with zero attached hydrogens (tertiary/aromatic N) is 1. The molecule has 162 valence electrons. The van der Waals surface area contributed by atoms with Gasteiger partial charge in [0.05, 0.1) is 42.3 Å². The summed E-state index contributed by atoms with van der Waals surface area (Å²) in [6, 6.07) is 14.8. The van der Waals surface area contributed by atoms with E-state index in [2.05, 4.69) is 10.6 Å². The van der Waals surface area contributed by atoms with Crippen LogP contribution < -0.4 is 15.4 Å². The van der Waals surface area contributed by atoms with E-state index >= 15 is 0 Å². The van der Waals surface area contributed by atoms with Gasteiger partial charge in [0.1, 0.15) is 5.75 Å². The molecule has 2 aromatic carbocycles. The maximum atomic E-state index is 12.9. The second-order valence-electron chi connectivity index (χ2n) is 6.75. The summed E-state index contributed by atoms with van der Waals surface area (Å²) in [6.45, 7) is 1.95. The molecule has 1 heterocycles. The van der Waals surface area contributed by atoms with Crippen LogP contribution in [-0.4, -0.2) is 36.4 Å². The third-order valence-electron chi connectivity index (χ3n) is 4.57. The van der Waals surface area contributed by atoms with Crippen molar-refractivity contribution in [1.82, 2.24) is 0 Å². The van der Waals surface area contributed by atoms with E-state index in [1.165, 1.54) is 18.9 Å². The smallest absolute Gasteiger partial charge is 0.311 e. The number of hydrogen-bond donors (Lipinski definition) is 2. The molecule has 0 bridgehead atoms. The predicted octanol–water partition coefficient (Wildman–Crippen LogP) is 4.75. The number of esters is 1. The first kappa shape index (κ1) is 22.4. The summed E-state index contributed by atoms with van der Waals surface area (Å²) in [7, 11) is 2.95. The zero-order valence-corrected chi connectivity index (χ0v) is 18.5. The van der Waals surface area contributed by atoms with Crippen LogP contribution >= 0.6 is 11.8 Å². The fourth-order valence-corrected chi connectivity index (χ4v) is 3.92. The fourth-order valence-electron chi connectivity index (χ4n) is 2.93. The van der Waals surface area contributed by atoms with Crippen molar-refractivity contribution in [2.24, 2.45) is 4.99 Å². The lowest BCUT2D eigenvalue weighted by atomic mass is 10.2. The van der Waals surface area contributed by atoms with Gasteiger partial charge in [0, 0.05) is 11.4 Å². The SMILES string of the molecule is CC[C@H](SC1=Nc2ccccc2NC(CC(=O)OC)=C1)C(=O)Nc1ccc(OC)cc1. The Labute approximate surface area is 185 Å². The Bertz CT molecular complexity index is 1000. The molecule has 0 unspecified atom stereocenters. The fraction of sp³-hybridized carbons (Fsp3) is 0.261. The molecule has 1 aliphatic rings. The molecule has 0 aliphatic carbocycles. The average Bonchev–Trinajstić information content (AvgIpc) is 2.96. The highest BCUT2D eigenvalue weighted by atomic mass is 32.2. The first-order chi connectivity index (χ1) is 15.0. The topological polar surface area (TPSA) is 89.0 Å². The summed E-state index contributed by atoms with van der Waals surface area (Å²) < 4.78 is 9.95. The van der Waals surface area contributed by atoms with Crippen molar-refractivity contribution in [2.45, 2.75) is 25.0 Å². The first-order valence-corrected chi connectivity index (χ1v) is 10.7. The van der Waals surface area contributed by atoms with E-state index < -0.39 is 0 Å². The van der Waals surface area contributed by atoms with Crippen LogP contribution in [0.5, 0.6) is 5.75 Å². The number of anilines is 2. The molecule has 0 saturated heterocycles. The number of ether oxygens (including phenoxy) is 2. The van der Waals surface area contributed by atoms with Crippen LogP contribution in [0.1, 0.15) is 19.8 Å². The Kier molecular flexibility index (Phi) is 7.72. The van der Waals surface area contributed by atoms with Crippen LogP contribution in [0.4, 0.5) is 17.1 Å². The molecule has 2 N–H and O–H groups in total. The van der Waals surface area contributed by atoms with E-state index in [0.717, 1.165) is 17.1 Å². The van der Waals surface area contributed by atoms with E-state index in [1.807, 2.05) is 31.2 Å². The number of fused-ring (bicyclic) bond motifs is 1. The molecule has 0 saturated carbocycles. The van der Waals surface area contributed by atoms with E-state index in [0.29, 0.717) is 22.8 Å². The summed E-state index contributed by atoms with van der Waals surface area (Å²) >= 11 is 1.36. The van der Waals surface area contributed by atoms with Gasteiger partial charge in [0.25, 0.3) is 0 Å². The number of aliphatic imine (C=N–C) groups is 1. The predicted molar refractivity (Wildman–Crippen MR) is 125 cm³/mol. The third-order valence-corrected chi connectivity index (χ3v) is 5.86. The largest absolute Gasteiger partial charge is 0.497 e. The number of thioether (sulfide) groups is 1. The molecule has 31 heavy (non-hydrogen) atoms. The van der Waals surface area contributed by atoms with Gasteiger partial charge < -0.3 is 20.1 Å². The number of amides is 1. The molecular weight excluding hydrogens is 414 g/mol. The number of para-hydroxylation sites is 2. The normalized spacial score (nSPS) is 13.5. The molecule has 1 amide bonds. The van der Waals surface area contributed by atoms with Gasteiger partial charge in [-0.25, -0.2) is 4.99 Å². The number of benzene rings is 2. The van der Waals surface area contributed by atoms with Crippen LogP contribution in [0.25, 0.3) is 0 Å². The summed E-state index contributed by atoms with van der Waals surface area (Å²) in [6.07, 6.45) is 2.49. The van der Waals surface area contributed by atoms with Crippen LogP contribution in [-0.2, 0) is 14.3 Å². The van der Waals surface area contributed by atoms with Crippen LogP contribution in [0.2, 0.25) is 0 Å². The van der Waals surface area contributed by atoms with E-state index in [9.17, 15) is 9.59 Å². The second-order valence-corrected chi connectivity index (χ2v) is 7.97. The summed E-state index contributed by atoms with van der Waals surface area (Å²) in [5.74, 6) is 0.252. The highest BCUT2D eigenvalue weighted by Gasteiger charge is 2.22. The molecule has 0 aromatic heterocycles. The number of rotatable bonds is 7. The van der Waals surface area contributed by atoms with Gasteiger partial charge in [-0.2, -0.15) is 0 Å². The van der Waals surface area contributed by atoms with Gasteiger partial charge in [-0.15, -0.1) is 0 Å². The minimum Gasteiger partial charge on any atom is -0.497 e. The molecular formula is C23H25N3O4S. The van der Waals surface area contributed by atoms with E-state index in [-0.39, 0.29) is 23.5 Å². The van der Waals surface area contributed by atoms with Crippen molar-refractivity contribution in [2.75, 3.05) is 24.9 Å². The van der Waals surface area contributed by atoms with Crippen molar-refractivity contribution in [3.05, 3.63) is 60.3 Å². The molecule has 0 radical (unpaired) electrons. The maximum absolute atomic E-state index is 12.9. The lowest BCUT2D eigenvalue weighted by Gasteiger charge is -2.15. The molecule has 1 aliphatic heterocycles. The molecule has 0 spiro atoms. The minimum absolute atomic E-state index is 0.0826. The van der Waals surface area contributed by atoms with Gasteiger partial charge in [-0.3, -0.25) is 9.59 Å². The number of carbonyl (C=O) groups excluding carboxylic acids is 2. The summed E-state index contributed by atoms with van der Waals surface area (Å²) in [4.78, 5) is 29.4. The van der Waals surface area contributed by atoms with Crippen molar-refractivity contribution in [1.29, 1.82) is 0 Å². The minimum atomic E-state index is -0.359. The van der Waals surface area contributed by atoms with Crippen LogP contribution in [0.15, 0.2) is 65.3 Å². The average molecular weight is 440 g/mol. The van der Waals surface area contributed by atoms with Gasteiger partial charge in [-0.1, -0.05) is 30.8 Å². The zero-order chi connectivity index (χ0) is 22.2. The first-order valence-electron chi connectivity index (χ1n) is 9.86. The standard InChI is InChI=1S/C23H25N3O4S/c1-4-20(23(28)25-15-9-11-17(29-2)12-10-15)31-21-13-16(14-22(27)30-3)24-18-7-5-6-8-19(18)26-21/h5-13,20,24H,4,14H2,1-3H3,(H,25,28)/t20-/m0/s1. The van der Waals surface area contributed by atoms with Crippen molar-refractivity contribution in [3.63, 3.8) is 0 Å². The van der Waals surface area contributed by atoms with Gasteiger partial charge in [0.2, 0.25) is 5.91 Å². The molecule has 7 nitrogen and oxygen atoms in total. The quantitative estimate of drug-likeness (QED) is 0.606. The van der Waals surface area contributed by atoms with Gasteiger partial charge in [0.15, 0.2) is 0 Å². The highest BCUT2D eigenvalue weighted by molar-refractivity contribution is 8.15.